The maximum absolute atomic E-state index is 12.8. The van der Waals surface area contributed by atoms with E-state index >= 15 is 0 Å². The zero-order chi connectivity index (χ0) is 20.0. The average Bonchev–Trinajstić information content (AvgIpc) is 2.55. The molecule has 0 aliphatic heterocycles. The molecule has 0 aromatic heterocycles. The second-order valence-electron chi connectivity index (χ2n) is 6.60. The number of benzene rings is 2. The lowest BCUT2D eigenvalue weighted by atomic mass is 10.1. The molecule has 2 rings (SSSR count). The van der Waals surface area contributed by atoms with Gasteiger partial charge in [0.05, 0.1) is 4.90 Å². The summed E-state index contributed by atoms with van der Waals surface area (Å²) in [4.78, 5) is 12.2. The van der Waals surface area contributed by atoms with Crippen molar-refractivity contribution in [2.45, 2.75) is 38.5 Å². The summed E-state index contributed by atoms with van der Waals surface area (Å²) in [5, 5.41) is 2.73. The maximum atomic E-state index is 12.8. The number of hydrogen-bond acceptors (Lipinski definition) is 3. The second-order valence-corrected chi connectivity index (χ2v) is 8.31. The highest BCUT2D eigenvalue weighted by atomic mass is 32.2. The van der Waals surface area contributed by atoms with Crippen LogP contribution in [0.4, 0.5) is 4.39 Å². The van der Waals surface area contributed by atoms with Crippen LogP contribution in [0.25, 0.3) is 0 Å². The van der Waals surface area contributed by atoms with Crippen LogP contribution >= 0.6 is 0 Å². The van der Waals surface area contributed by atoms with Crippen LogP contribution in [0.5, 0.6) is 0 Å². The summed E-state index contributed by atoms with van der Waals surface area (Å²) < 4.78 is 40.4. The fourth-order valence-corrected chi connectivity index (χ4v) is 4.53. The lowest BCUT2D eigenvalue weighted by Gasteiger charge is -2.13. The van der Waals surface area contributed by atoms with Crippen LogP contribution in [0, 0.1) is 26.6 Å². The molecule has 0 bridgehead atoms. The van der Waals surface area contributed by atoms with Crippen LogP contribution in [-0.4, -0.2) is 27.4 Å². The van der Waals surface area contributed by atoms with E-state index < -0.39 is 10.0 Å². The molecule has 0 spiro atoms. The molecule has 0 atom stereocenters. The lowest BCUT2D eigenvalue weighted by molar-refractivity contribution is -0.120. The largest absolute Gasteiger partial charge is 0.356 e. The van der Waals surface area contributed by atoms with Crippen molar-refractivity contribution >= 4 is 15.9 Å². The van der Waals surface area contributed by atoms with Crippen molar-refractivity contribution in [1.29, 1.82) is 0 Å². The Labute approximate surface area is 160 Å². The summed E-state index contributed by atoms with van der Waals surface area (Å²) in [5.74, 6) is -0.536. The molecule has 0 saturated carbocycles. The van der Waals surface area contributed by atoms with Gasteiger partial charge in [-0.3, -0.25) is 4.79 Å². The van der Waals surface area contributed by atoms with E-state index in [1.807, 2.05) is 19.1 Å². The molecule has 0 unspecified atom stereocenters. The Balaban J connectivity index is 1.81. The molecular formula is C20H25FN2O3S. The molecule has 0 fully saturated rings. The van der Waals surface area contributed by atoms with Gasteiger partial charge in [0.2, 0.25) is 15.9 Å². The van der Waals surface area contributed by atoms with Gasteiger partial charge in [-0.25, -0.2) is 17.5 Å². The molecule has 27 heavy (non-hydrogen) atoms. The van der Waals surface area contributed by atoms with E-state index in [2.05, 4.69) is 10.0 Å². The fraction of sp³-hybridized carbons (Fsp3) is 0.350. The summed E-state index contributed by atoms with van der Waals surface area (Å²) in [5.41, 5.74) is 3.29. The number of hydrogen-bond donors (Lipinski definition) is 2. The first-order valence-electron chi connectivity index (χ1n) is 8.77. The summed E-state index contributed by atoms with van der Waals surface area (Å²) in [6, 6.07) is 9.74. The molecular weight excluding hydrogens is 367 g/mol. The van der Waals surface area contributed by atoms with E-state index in [0.717, 1.165) is 11.1 Å². The molecule has 5 nitrogen and oxygen atoms in total. The van der Waals surface area contributed by atoms with Gasteiger partial charge in [0.1, 0.15) is 5.82 Å². The van der Waals surface area contributed by atoms with Gasteiger partial charge in [-0.2, -0.15) is 0 Å². The zero-order valence-corrected chi connectivity index (χ0v) is 16.6. The molecule has 2 aromatic carbocycles. The number of carbonyl (C=O) groups is 1. The summed E-state index contributed by atoms with van der Waals surface area (Å²) in [7, 11) is -3.67. The molecule has 1 amide bonds. The third-order valence-corrected chi connectivity index (χ3v) is 5.93. The van der Waals surface area contributed by atoms with Gasteiger partial charge in [-0.15, -0.1) is 0 Å². The van der Waals surface area contributed by atoms with E-state index in [4.69, 9.17) is 0 Å². The fourth-order valence-electron chi connectivity index (χ4n) is 3.05. The van der Waals surface area contributed by atoms with Crippen molar-refractivity contribution < 1.29 is 17.6 Å². The number of rotatable bonds is 8. The van der Waals surface area contributed by atoms with Crippen molar-refractivity contribution in [3.8, 4) is 0 Å². The summed E-state index contributed by atoms with van der Waals surface area (Å²) >= 11 is 0. The van der Waals surface area contributed by atoms with E-state index in [1.165, 1.54) is 12.1 Å². The first-order valence-corrected chi connectivity index (χ1v) is 10.3. The van der Waals surface area contributed by atoms with Crippen molar-refractivity contribution in [2.75, 3.05) is 13.1 Å². The van der Waals surface area contributed by atoms with Crippen LogP contribution in [-0.2, 0) is 21.2 Å². The molecule has 0 saturated heterocycles. The third-order valence-electron chi connectivity index (χ3n) is 4.17. The normalized spacial score (nSPS) is 11.4. The molecule has 2 aromatic rings. The third kappa shape index (κ3) is 6.15. The molecule has 146 valence electrons. The van der Waals surface area contributed by atoms with Gasteiger partial charge < -0.3 is 5.32 Å². The van der Waals surface area contributed by atoms with Gasteiger partial charge >= 0.3 is 0 Å². The van der Waals surface area contributed by atoms with Crippen LogP contribution in [0.3, 0.4) is 0 Å². The van der Waals surface area contributed by atoms with Crippen molar-refractivity contribution in [3.05, 3.63) is 64.5 Å². The standard InChI is InChI=1S/C20H25FN2O3S/c1-14-12-15(2)20(16(3)13-14)27(25,26)23-11-9-19(24)22-10-8-17-4-6-18(21)7-5-17/h4-7,12-13,23H,8-11H2,1-3H3,(H,22,24). The van der Waals surface area contributed by atoms with Crippen molar-refractivity contribution in [3.63, 3.8) is 0 Å². The van der Waals surface area contributed by atoms with Crippen LogP contribution < -0.4 is 10.0 Å². The molecule has 0 heterocycles. The number of halogens is 1. The molecule has 0 radical (unpaired) electrons. The number of nitrogens with one attached hydrogen (secondary N) is 2. The highest BCUT2D eigenvalue weighted by Crippen LogP contribution is 2.21. The van der Waals surface area contributed by atoms with Gasteiger partial charge in [0.15, 0.2) is 0 Å². The van der Waals surface area contributed by atoms with Crippen molar-refractivity contribution in [2.24, 2.45) is 0 Å². The Kier molecular flexibility index (Phi) is 7.10. The number of sulfonamides is 1. The predicted octanol–water partition coefficient (Wildman–Crippen LogP) is 2.78. The van der Waals surface area contributed by atoms with Crippen LogP contribution in [0.2, 0.25) is 0 Å². The van der Waals surface area contributed by atoms with Gasteiger partial charge in [0, 0.05) is 19.5 Å². The van der Waals surface area contributed by atoms with E-state index in [0.29, 0.717) is 24.1 Å². The smallest absolute Gasteiger partial charge is 0.241 e. The monoisotopic (exact) mass is 392 g/mol. The van der Waals surface area contributed by atoms with Crippen molar-refractivity contribution in [1.82, 2.24) is 10.0 Å². The molecule has 2 N–H and O–H groups in total. The zero-order valence-electron chi connectivity index (χ0n) is 15.8. The quantitative estimate of drug-likeness (QED) is 0.725. The van der Waals surface area contributed by atoms with Gasteiger partial charge in [0.25, 0.3) is 0 Å². The minimum atomic E-state index is -3.67. The molecule has 7 heteroatoms. The van der Waals surface area contributed by atoms with E-state index in [9.17, 15) is 17.6 Å². The predicted molar refractivity (Wildman–Crippen MR) is 104 cm³/mol. The minimum Gasteiger partial charge on any atom is -0.356 e. The Morgan fingerprint density at radius 1 is 1.00 bits per heavy atom. The second kappa shape index (κ2) is 9.10. The number of aryl methyl sites for hydroxylation is 3. The summed E-state index contributed by atoms with van der Waals surface area (Å²) in [6.07, 6.45) is 0.631. The highest BCUT2D eigenvalue weighted by Gasteiger charge is 2.19. The molecule has 0 aliphatic carbocycles. The first-order chi connectivity index (χ1) is 12.7. The molecule has 0 aliphatic rings. The topological polar surface area (TPSA) is 75.3 Å². The van der Waals surface area contributed by atoms with Crippen LogP contribution in [0.15, 0.2) is 41.3 Å². The Bertz CT molecular complexity index is 886. The van der Waals surface area contributed by atoms with Crippen LogP contribution in [0.1, 0.15) is 28.7 Å². The van der Waals surface area contributed by atoms with E-state index in [1.54, 1.807) is 26.0 Å². The Morgan fingerprint density at radius 2 is 1.59 bits per heavy atom. The average molecular weight is 392 g/mol. The van der Waals surface area contributed by atoms with Gasteiger partial charge in [-0.05, 0) is 56.0 Å². The highest BCUT2D eigenvalue weighted by molar-refractivity contribution is 7.89. The Hall–Kier alpha value is -2.25. The lowest BCUT2D eigenvalue weighted by Crippen LogP contribution is -2.32. The minimum absolute atomic E-state index is 0.0253. The SMILES string of the molecule is Cc1cc(C)c(S(=O)(=O)NCCC(=O)NCCc2ccc(F)cc2)c(C)c1. The maximum Gasteiger partial charge on any atom is 0.241 e. The van der Waals surface area contributed by atoms with Gasteiger partial charge in [-0.1, -0.05) is 29.8 Å². The summed E-state index contributed by atoms with van der Waals surface area (Å²) in [6.45, 7) is 5.87. The number of carbonyl (C=O) groups excluding carboxylic acids is 1. The first kappa shape index (κ1) is 21.1. The Morgan fingerprint density at radius 3 is 2.19 bits per heavy atom. The van der Waals surface area contributed by atoms with E-state index in [-0.39, 0.29) is 29.6 Å². The number of amides is 1.